The summed E-state index contributed by atoms with van der Waals surface area (Å²) in [4.78, 5) is 28.0. The van der Waals surface area contributed by atoms with E-state index in [9.17, 15) is 9.59 Å². The normalized spacial score (nSPS) is 10.2. The van der Waals surface area contributed by atoms with Crippen LogP contribution < -0.4 is 5.32 Å². The standard InChI is InChI=1S/C14H15N3O4/c1-17(20-2)13(18)9-15-14(19)11-8-12(21-16-11)10-6-4-3-5-7-10/h3-8H,9H2,1-2H3,(H,15,19). The van der Waals surface area contributed by atoms with Gasteiger partial charge >= 0.3 is 0 Å². The molecule has 2 rings (SSSR count). The number of benzene rings is 1. The van der Waals surface area contributed by atoms with E-state index in [-0.39, 0.29) is 18.1 Å². The first-order chi connectivity index (χ1) is 10.1. The van der Waals surface area contributed by atoms with Crippen molar-refractivity contribution >= 4 is 11.8 Å². The zero-order valence-corrected chi connectivity index (χ0v) is 11.7. The average molecular weight is 289 g/mol. The minimum absolute atomic E-state index is 0.113. The third-order valence-electron chi connectivity index (χ3n) is 2.83. The summed E-state index contributed by atoms with van der Waals surface area (Å²) in [5.41, 5.74) is 0.931. The molecule has 7 nitrogen and oxygen atoms in total. The predicted octanol–water partition coefficient (Wildman–Crippen LogP) is 1.09. The largest absolute Gasteiger partial charge is 0.355 e. The number of carbonyl (C=O) groups excluding carboxylic acids is 2. The van der Waals surface area contributed by atoms with E-state index >= 15 is 0 Å². The molecule has 2 aromatic rings. The minimum atomic E-state index is -0.487. The number of carbonyl (C=O) groups is 2. The van der Waals surface area contributed by atoms with Crippen LogP contribution in [0.2, 0.25) is 0 Å². The van der Waals surface area contributed by atoms with Crippen LogP contribution in [0.4, 0.5) is 0 Å². The molecule has 21 heavy (non-hydrogen) atoms. The monoisotopic (exact) mass is 289 g/mol. The molecule has 0 radical (unpaired) electrons. The van der Waals surface area contributed by atoms with Crippen molar-refractivity contribution in [2.24, 2.45) is 0 Å². The van der Waals surface area contributed by atoms with Gasteiger partial charge in [0.1, 0.15) is 0 Å². The molecule has 0 saturated carbocycles. The zero-order chi connectivity index (χ0) is 15.2. The molecule has 0 aliphatic heterocycles. The first kappa shape index (κ1) is 14.7. The second kappa shape index (κ2) is 6.67. The van der Waals surface area contributed by atoms with Crippen molar-refractivity contribution in [1.82, 2.24) is 15.5 Å². The molecule has 0 bridgehead atoms. The van der Waals surface area contributed by atoms with Crippen molar-refractivity contribution in [3.63, 3.8) is 0 Å². The van der Waals surface area contributed by atoms with E-state index in [1.54, 1.807) is 0 Å². The van der Waals surface area contributed by atoms with Crippen molar-refractivity contribution in [3.05, 3.63) is 42.1 Å². The summed E-state index contributed by atoms with van der Waals surface area (Å²) in [6.07, 6.45) is 0. The van der Waals surface area contributed by atoms with E-state index in [0.29, 0.717) is 5.76 Å². The van der Waals surface area contributed by atoms with Crippen molar-refractivity contribution < 1.29 is 18.9 Å². The summed E-state index contributed by atoms with van der Waals surface area (Å²) in [6, 6.07) is 10.8. The molecule has 7 heteroatoms. The Morgan fingerprint density at radius 1 is 1.33 bits per heavy atom. The molecule has 1 aromatic carbocycles. The molecule has 0 aliphatic carbocycles. The van der Waals surface area contributed by atoms with Crippen LogP contribution in [0.3, 0.4) is 0 Å². The Labute approximate surface area is 121 Å². The van der Waals surface area contributed by atoms with Crippen LogP contribution >= 0.6 is 0 Å². The first-order valence-electron chi connectivity index (χ1n) is 6.23. The molecule has 0 aliphatic rings. The van der Waals surface area contributed by atoms with Gasteiger partial charge in [-0.1, -0.05) is 35.5 Å². The second-order valence-electron chi connectivity index (χ2n) is 4.20. The van der Waals surface area contributed by atoms with Gasteiger partial charge in [-0.3, -0.25) is 14.4 Å². The quantitative estimate of drug-likeness (QED) is 0.833. The van der Waals surface area contributed by atoms with Gasteiger partial charge < -0.3 is 9.84 Å². The van der Waals surface area contributed by atoms with Crippen LogP contribution in [0.1, 0.15) is 10.5 Å². The lowest BCUT2D eigenvalue weighted by atomic mass is 10.1. The summed E-state index contributed by atoms with van der Waals surface area (Å²) in [5.74, 6) is -0.377. The van der Waals surface area contributed by atoms with Gasteiger partial charge in [0.2, 0.25) is 0 Å². The molecular weight excluding hydrogens is 274 g/mol. The third-order valence-corrected chi connectivity index (χ3v) is 2.83. The highest BCUT2D eigenvalue weighted by molar-refractivity contribution is 5.95. The van der Waals surface area contributed by atoms with E-state index in [1.165, 1.54) is 20.2 Å². The first-order valence-corrected chi connectivity index (χ1v) is 6.23. The highest BCUT2D eigenvalue weighted by Gasteiger charge is 2.15. The number of aromatic nitrogens is 1. The Morgan fingerprint density at radius 2 is 2.05 bits per heavy atom. The Kier molecular flexibility index (Phi) is 4.68. The van der Waals surface area contributed by atoms with E-state index in [1.807, 2.05) is 30.3 Å². The maximum Gasteiger partial charge on any atom is 0.273 e. The number of likely N-dealkylation sites (N-methyl/N-ethyl adjacent to an activating group) is 1. The Hall–Kier alpha value is -2.67. The summed E-state index contributed by atoms with van der Waals surface area (Å²) in [6.45, 7) is -0.184. The van der Waals surface area contributed by atoms with E-state index in [4.69, 9.17) is 9.36 Å². The van der Waals surface area contributed by atoms with E-state index in [2.05, 4.69) is 10.5 Å². The predicted molar refractivity (Wildman–Crippen MR) is 74.1 cm³/mol. The number of hydroxylamine groups is 2. The summed E-state index contributed by atoms with van der Waals surface area (Å²) >= 11 is 0. The zero-order valence-electron chi connectivity index (χ0n) is 11.7. The fourth-order valence-corrected chi connectivity index (χ4v) is 1.58. The number of amides is 2. The van der Waals surface area contributed by atoms with Crippen LogP contribution in [0.5, 0.6) is 0 Å². The lowest BCUT2D eigenvalue weighted by molar-refractivity contribution is -0.167. The number of hydrogen-bond acceptors (Lipinski definition) is 5. The highest BCUT2D eigenvalue weighted by Crippen LogP contribution is 2.19. The van der Waals surface area contributed by atoms with E-state index in [0.717, 1.165) is 10.6 Å². The van der Waals surface area contributed by atoms with Crippen molar-refractivity contribution in [1.29, 1.82) is 0 Å². The molecular formula is C14H15N3O4. The maximum atomic E-state index is 11.9. The van der Waals surface area contributed by atoms with Crippen LogP contribution in [0.15, 0.2) is 40.9 Å². The maximum absolute atomic E-state index is 11.9. The fourth-order valence-electron chi connectivity index (χ4n) is 1.58. The third kappa shape index (κ3) is 3.67. The molecule has 0 fully saturated rings. The number of nitrogens with zero attached hydrogens (tertiary/aromatic N) is 2. The molecule has 0 unspecified atom stereocenters. The van der Waals surface area contributed by atoms with Crippen LogP contribution in [-0.4, -0.2) is 42.7 Å². The molecule has 0 saturated heterocycles. The topological polar surface area (TPSA) is 84.7 Å². The Morgan fingerprint density at radius 3 is 2.71 bits per heavy atom. The average Bonchev–Trinajstić information content (AvgIpc) is 3.02. The van der Waals surface area contributed by atoms with Crippen LogP contribution in [0.25, 0.3) is 11.3 Å². The SMILES string of the molecule is CON(C)C(=O)CNC(=O)c1cc(-c2ccccc2)on1. The molecule has 1 heterocycles. The molecule has 1 aromatic heterocycles. The lowest BCUT2D eigenvalue weighted by Crippen LogP contribution is -2.37. The van der Waals surface area contributed by atoms with E-state index < -0.39 is 5.91 Å². The van der Waals surface area contributed by atoms with Gasteiger partial charge in [-0.15, -0.1) is 0 Å². The van der Waals surface area contributed by atoms with Gasteiger partial charge in [0, 0.05) is 18.7 Å². The highest BCUT2D eigenvalue weighted by atomic mass is 16.7. The van der Waals surface area contributed by atoms with Gasteiger partial charge in [-0.05, 0) is 0 Å². The minimum Gasteiger partial charge on any atom is -0.355 e. The van der Waals surface area contributed by atoms with Crippen molar-refractivity contribution in [3.8, 4) is 11.3 Å². The number of hydrogen-bond donors (Lipinski definition) is 1. The fraction of sp³-hybridized carbons (Fsp3) is 0.214. The molecule has 2 amide bonds. The van der Waals surface area contributed by atoms with Gasteiger partial charge in [-0.25, -0.2) is 5.06 Å². The van der Waals surface area contributed by atoms with Crippen molar-refractivity contribution in [2.45, 2.75) is 0 Å². The number of rotatable bonds is 5. The summed E-state index contributed by atoms with van der Waals surface area (Å²) in [5, 5.41) is 7.16. The molecule has 1 N–H and O–H groups in total. The smallest absolute Gasteiger partial charge is 0.273 e. The van der Waals surface area contributed by atoms with Gasteiger partial charge in [0.15, 0.2) is 11.5 Å². The molecule has 110 valence electrons. The number of nitrogens with one attached hydrogen (secondary N) is 1. The molecule has 0 spiro atoms. The lowest BCUT2D eigenvalue weighted by Gasteiger charge is -2.13. The Balaban J connectivity index is 1.98. The Bertz CT molecular complexity index is 624. The molecule has 0 atom stereocenters. The van der Waals surface area contributed by atoms with Crippen LogP contribution in [0, 0.1) is 0 Å². The second-order valence-corrected chi connectivity index (χ2v) is 4.20. The van der Waals surface area contributed by atoms with Gasteiger partial charge in [-0.2, -0.15) is 0 Å². The summed E-state index contributed by atoms with van der Waals surface area (Å²) < 4.78 is 5.12. The van der Waals surface area contributed by atoms with Crippen molar-refractivity contribution in [2.75, 3.05) is 20.7 Å². The van der Waals surface area contributed by atoms with Gasteiger partial charge in [0.25, 0.3) is 11.8 Å². The van der Waals surface area contributed by atoms with Gasteiger partial charge in [0.05, 0.1) is 13.7 Å². The van der Waals surface area contributed by atoms with Crippen LogP contribution in [-0.2, 0) is 9.63 Å². The summed E-state index contributed by atoms with van der Waals surface area (Å²) in [7, 11) is 2.82.